The van der Waals surface area contributed by atoms with E-state index in [-0.39, 0.29) is 12.5 Å². The summed E-state index contributed by atoms with van der Waals surface area (Å²) in [7, 11) is 1.23. The number of hydrogen-bond donors (Lipinski definition) is 2. The number of aliphatic hydroxyl groups is 1. The van der Waals surface area contributed by atoms with Crippen LogP contribution in [-0.2, 0) is 18.4 Å². The fraction of sp³-hybridized carbons (Fsp3) is 0.796. The number of unbranched alkanes of at least 4 members (excludes halogenated alkanes) is 26. The SMILES string of the molecule is CCCCCCC/C=C\C/C=C\C/C=C\CCCCCCCCCCC(=O)NC(COP(=O)([O-])OCC[N+](C)(C)C)C(O)/C=C/CC/C=C/CCCCCCCCCCCCCC. The number of phosphoric acid groups is 1. The molecule has 8 nitrogen and oxygen atoms in total. The molecule has 0 saturated heterocycles. The number of likely N-dealkylation sites (N-methyl/N-ethyl adjacent to an activating group) is 1. The first kappa shape index (κ1) is 61.2. The zero-order chi connectivity index (χ0) is 46.4. The van der Waals surface area contributed by atoms with E-state index in [2.05, 4.69) is 67.8 Å². The average Bonchev–Trinajstić information content (AvgIpc) is 3.24. The Bertz CT molecular complexity index is 1210. The van der Waals surface area contributed by atoms with Crippen LogP contribution in [0.4, 0.5) is 0 Å². The molecule has 3 unspecified atom stereocenters. The standard InChI is InChI=1S/C54H101N2O6P/c1-6-8-10-12-14-16-18-20-22-24-26-27-28-29-30-32-34-36-38-40-42-44-46-48-54(58)55-52(51-62-63(59,60)61-50-49-56(3,4)5)53(57)47-45-43-41-39-37-35-33-31-25-23-21-19-17-15-13-11-9-7-2/h18,20,24,26,28-29,37,39,45,47,52-53,57H,6-17,19,21-23,25,27,30-36,38,40-44,46,48-51H2,1-5H3,(H-,55,58,59,60)/b20-18-,26-24-,29-28-,39-37+,47-45+. The monoisotopic (exact) mass is 905 g/mol. The highest BCUT2D eigenvalue weighted by atomic mass is 31.2. The van der Waals surface area contributed by atoms with Crippen molar-refractivity contribution in [2.24, 2.45) is 0 Å². The van der Waals surface area contributed by atoms with Crippen LogP contribution < -0.4 is 10.2 Å². The zero-order valence-corrected chi connectivity index (χ0v) is 42.7. The molecule has 0 saturated carbocycles. The fourth-order valence-corrected chi connectivity index (χ4v) is 8.02. The topological polar surface area (TPSA) is 108 Å². The van der Waals surface area contributed by atoms with E-state index in [1.54, 1.807) is 6.08 Å². The number of hydrogen-bond acceptors (Lipinski definition) is 6. The van der Waals surface area contributed by atoms with E-state index in [0.717, 1.165) is 64.2 Å². The predicted molar refractivity (Wildman–Crippen MR) is 270 cm³/mol. The molecule has 0 aliphatic heterocycles. The van der Waals surface area contributed by atoms with Crippen molar-refractivity contribution in [3.63, 3.8) is 0 Å². The van der Waals surface area contributed by atoms with Crippen LogP contribution in [-0.4, -0.2) is 68.5 Å². The molecular weight excluding hydrogens is 804 g/mol. The van der Waals surface area contributed by atoms with E-state index in [0.29, 0.717) is 17.4 Å². The molecule has 368 valence electrons. The first-order valence-electron chi connectivity index (χ1n) is 26.2. The number of amides is 1. The normalized spacial score (nSPS) is 14.6. The number of nitrogens with one attached hydrogen (secondary N) is 1. The smallest absolute Gasteiger partial charge is 0.268 e. The van der Waals surface area contributed by atoms with Crippen LogP contribution in [0.25, 0.3) is 0 Å². The summed E-state index contributed by atoms with van der Waals surface area (Å²) in [5.41, 5.74) is 0. The number of quaternary nitrogens is 1. The van der Waals surface area contributed by atoms with Gasteiger partial charge in [-0.2, -0.15) is 0 Å². The third kappa shape index (κ3) is 48.0. The molecule has 0 aromatic rings. The van der Waals surface area contributed by atoms with Gasteiger partial charge in [-0.15, -0.1) is 0 Å². The molecule has 0 radical (unpaired) electrons. The lowest BCUT2D eigenvalue weighted by Crippen LogP contribution is -2.45. The maximum absolute atomic E-state index is 12.9. The van der Waals surface area contributed by atoms with Gasteiger partial charge in [0.1, 0.15) is 13.2 Å². The van der Waals surface area contributed by atoms with Gasteiger partial charge in [0.2, 0.25) is 5.91 Å². The molecule has 0 bridgehead atoms. The van der Waals surface area contributed by atoms with Gasteiger partial charge >= 0.3 is 0 Å². The first-order valence-corrected chi connectivity index (χ1v) is 27.6. The van der Waals surface area contributed by atoms with Gasteiger partial charge in [0.25, 0.3) is 7.82 Å². The summed E-state index contributed by atoms with van der Waals surface area (Å²) in [5, 5.41) is 13.8. The van der Waals surface area contributed by atoms with E-state index in [9.17, 15) is 19.4 Å². The maximum atomic E-state index is 12.9. The van der Waals surface area contributed by atoms with Crippen LogP contribution >= 0.6 is 7.82 Å². The van der Waals surface area contributed by atoms with Gasteiger partial charge < -0.3 is 28.8 Å². The van der Waals surface area contributed by atoms with Crippen molar-refractivity contribution in [1.82, 2.24) is 5.32 Å². The van der Waals surface area contributed by atoms with Crippen molar-refractivity contribution in [3.8, 4) is 0 Å². The number of allylic oxidation sites excluding steroid dienone is 9. The Kier molecular flexibility index (Phi) is 44.1. The van der Waals surface area contributed by atoms with Gasteiger partial charge in [-0.1, -0.05) is 209 Å². The number of carbonyl (C=O) groups is 1. The summed E-state index contributed by atoms with van der Waals surface area (Å²) >= 11 is 0. The summed E-state index contributed by atoms with van der Waals surface area (Å²) in [6, 6.07) is -0.910. The molecule has 0 aromatic carbocycles. The van der Waals surface area contributed by atoms with E-state index < -0.39 is 26.6 Å². The molecule has 0 rings (SSSR count). The van der Waals surface area contributed by atoms with Crippen molar-refractivity contribution in [3.05, 3.63) is 60.8 Å². The second-order valence-corrected chi connectivity index (χ2v) is 20.3. The number of aliphatic hydroxyl groups excluding tert-OH is 1. The third-order valence-corrected chi connectivity index (χ3v) is 12.4. The highest BCUT2D eigenvalue weighted by Gasteiger charge is 2.23. The minimum Gasteiger partial charge on any atom is -0.756 e. The van der Waals surface area contributed by atoms with Gasteiger partial charge in [-0.25, -0.2) is 0 Å². The Morgan fingerprint density at radius 1 is 0.556 bits per heavy atom. The molecule has 2 N–H and O–H groups in total. The molecule has 0 aromatic heterocycles. The lowest BCUT2D eigenvalue weighted by atomic mass is 10.0. The number of phosphoric ester groups is 1. The van der Waals surface area contributed by atoms with Crippen LogP contribution in [0.3, 0.4) is 0 Å². The van der Waals surface area contributed by atoms with E-state index in [4.69, 9.17) is 9.05 Å². The van der Waals surface area contributed by atoms with Crippen LogP contribution in [0.2, 0.25) is 0 Å². The lowest BCUT2D eigenvalue weighted by Gasteiger charge is -2.29. The Hall–Kier alpha value is -1.80. The van der Waals surface area contributed by atoms with Crippen molar-refractivity contribution in [2.75, 3.05) is 40.9 Å². The maximum Gasteiger partial charge on any atom is 0.268 e. The van der Waals surface area contributed by atoms with Crippen molar-refractivity contribution in [1.29, 1.82) is 0 Å². The van der Waals surface area contributed by atoms with E-state index in [1.807, 2.05) is 27.2 Å². The molecule has 1 amide bonds. The predicted octanol–water partition coefficient (Wildman–Crippen LogP) is 14.7. The second-order valence-electron chi connectivity index (χ2n) is 18.9. The number of nitrogens with zero attached hydrogens (tertiary/aromatic N) is 1. The van der Waals surface area contributed by atoms with Crippen LogP contribution in [0.5, 0.6) is 0 Å². The quantitative estimate of drug-likeness (QED) is 0.0273. The largest absolute Gasteiger partial charge is 0.756 e. The summed E-state index contributed by atoms with van der Waals surface area (Å²) in [6.45, 7) is 4.61. The van der Waals surface area contributed by atoms with E-state index >= 15 is 0 Å². The average molecular weight is 905 g/mol. The van der Waals surface area contributed by atoms with Gasteiger partial charge in [0, 0.05) is 6.42 Å². The lowest BCUT2D eigenvalue weighted by molar-refractivity contribution is -0.870. The van der Waals surface area contributed by atoms with Crippen molar-refractivity contribution < 1.29 is 32.9 Å². The molecule has 0 aliphatic rings. The van der Waals surface area contributed by atoms with Crippen molar-refractivity contribution in [2.45, 2.75) is 238 Å². The van der Waals surface area contributed by atoms with Crippen LogP contribution in [0.15, 0.2) is 60.8 Å². The van der Waals surface area contributed by atoms with Gasteiger partial charge in [-0.05, 0) is 70.6 Å². The van der Waals surface area contributed by atoms with Crippen molar-refractivity contribution >= 4 is 13.7 Å². The molecule has 0 spiro atoms. The summed E-state index contributed by atoms with van der Waals surface area (Å²) < 4.78 is 23.3. The Morgan fingerprint density at radius 2 is 0.937 bits per heavy atom. The number of carbonyl (C=O) groups excluding carboxylic acids is 1. The summed E-state index contributed by atoms with van der Waals surface area (Å²) in [6.07, 6.45) is 59.9. The third-order valence-electron chi connectivity index (χ3n) is 11.4. The molecule has 63 heavy (non-hydrogen) atoms. The fourth-order valence-electron chi connectivity index (χ4n) is 7.29. The minimum atomic E-state index is -4.61. The Labute approximate surface area is 390 Å². The summed E-state index contributed by atoms with van der Waals surface area (Å²) in [4.78, 5) is 25.4. The molecular formula is C54H101N2O6P. The summed E-state index contributed by atoms with van der Waals surface area (Å²) in [5.74, 6) is -0.215. The van der Waals surface area contributed by atoms with Gasteiger partial charge in [0.15, 0.2) is 0 Å². The molecule has 3 atom stereocenters. The first-order chi connectivity index (χ1) is 30.5. The Morgan fingerprint density at radius 3 is 1.40 bits per heavy atom. The molecule has 0 heterocycles. The molecule has 0 fully saturated rings. The second kappa shape index (κ2) is 45.4. The highest BCUT2D eigenvalue weighted by molar-refractivity contribution is 7.45. The highest BCUT2D eigenvalue weighted by Crippen LogP contribution is 2.38. The van der Waals surface area contributed by atoms with Crippen LogP contribution in [0, 0.1) is 0 Å². The Balaban J connectivity index is 4.36. The molecule has 9 heteroatoms. The minimum absolute atomic E-state index is 0.01000. The van der Waals surface area contributed by atoms with Gasteiger partial charge in [0.05, 0.1) is 39.9 Å². The van der Waals surface area contributed by atoms with Crippen LogP contribution in [0.1, 0.15) is 226 Å². The van der Waals surface area contributed by atoms with Gasteiger partial charge in [-0.3, -0.25) is 9.36 Å². The zero-order valence-electron chi connectivity index (χ0n) is 41.8. The molecule has 0 aliphatic carbocycles. The number of rotatable bonds is 47. The van der Waals surface area contributed by atoms with E-state index in [1.165, 1.54) is 141 Å².